The summed E-state index contributed by atoms with van der Waals surface area (Å²) in [5.41, 5.74) is 3.50. The van der Waals surface area contributed by atoms with Crippen LogP contribution in [0.15, 0.2) is 35.9 Å². The van der Waals surface area contributed by atoms with Gasteiger partial charge in [0.05, 0.1) is 0 Å². The van der Waals surface area contributed by atoms with Crippen LogP contribution in [0.5, 0.6) is 5.75 Å². The molecule has 5 rings (SSSR count). The molecular weight excluding hydrogens is 468 g/mol. The maximum absolute atomic E-state index is 12.5. The summed E-state index contributed by atoms with van der Waals surface area (Å²) in [6.07, 6.45) is 16.0. The third-order valence-corrected chi connectivity index (χ3v) is 11.7. The first kappa shape index (κ1) is 27.8. The van der Waals surface area contributed by atoms with Gasteiger partial charge in [-0.25, -0.2) is 4.79 Å². The summed E-state index contributed by atoms with van der Waals surface area (Å²) >= 11 is 0. The number of rotatable bonds is 7. The molecule has 3 heteroatoms. The smallest absolute Gasteiger partial charge is 0.430 e. The van der Waals surface area contributed by atoms with E-state index in [1.807, 2.05) is 31.2 Å². The second-order valence-electron chi connectivity index (χ2n) is 14.4. The van der Waals surface area contributed by atoms with E-state index in [0.717, 1.165) is 60.3 Å². The van der Waals surface area contributed by atoms with Gasteiger partial charge in [-0.05, 0) is 110 Å². The molecule has 0 spiro atoms. The highest BCUT2D eigenvalue weighted by Gasteiger charge is 2.59. The van der Waals surface area contributed by atoms with E-state index in [1.165, 1.54) is 51.4 Å². The van der Waals surface area contributed by atoms with E-state index < -0.39 is 6.16 Å². The van der Waals surface area contributed by atoms with Gasteiger partial charge in [-0.3, -0.25) is 0 Å². The van der Waals surface area contributed by atoms with E-state index in [9.17, 15) is 4.79 Å². The molecule has 4 aliphatic rings. The Labute approximate surface area is 232 Å². The molecule has 0 bridgehead atoms. The monoisotopic (exact) mass is 520 g/mol. The fourth-order valence-corrected chi connectivity index (χ4v) is 9.62. The molecule has 4 aliphatic carbocycles. The number of ether oxygens (including phenoxy) is 2. The molecular formula is C35H52O3. The van der Waals surface area contributed by atoms with Crippen molar-refractivity contribution in [2.24, 2.45) is 46.3 Å². The molecule has 3 saturated carbocycles. The predicted octanol–water partition coefficient (Wildman–Crippen LogP) is 9.92. The van der Waals surface area contributed by atoms with E-state index >= 15 is 0 Å². The van der Waals surface area contributed by atoms with Crippen LogP contribution in [0, 0.1) is 53.3 Å². The number of aryl methyl sites for hydroxylation is 1. The highest BCUT2D eigenvalue weighted by molar-refractivity contribution is 5.64. The summed E-state index contributed by atoms with van der Waals surface area (Å²) in [5, 5.41) is 0. The third kappa shape index (κ3) is 5.33. The first-order chi connectivity index (χ1) is 18.1. The molecule has 210 valence electrons. The predicted molar refractivity (Wildman–Crippen MR) is 155 cm³/mol. The first-order valence-electron chi connectivity index (χ1n) is 15.7. The molecule has 0 heterocycles. The van der Waals surface area contributed by atoms with Crippen molar-refractivity contribution in [1.29, 1.82) is 0 Å². The van der Waals surface area contributed by atoms with Crippen LogP contribution in [0.2, 0.25) is 0 Å². The van der Waals surface area contributed by atoms with Crippen molar-refractivity contribution in [2.45, 2.75) is 118 Å². The number of hydrogen-bond acceptors (Lipinski definition) is 3. The minimum absolute atomic E-state index is 0.0692. The lowest BCUT2D eigenvalue weighted by molar-refractivity contribution is -0.0597. The van der Waals surface area contributed by atoms with Crippen molar-refractivity contribution in [3.8, 4) is 5.75 Å². The summed E-state index contributed by atoms with van der Waals surface area (Å²) in [7, 11) is 0. The third-order valence-electron chi connectivity index (χ3n) is 11.7. The minimum atomic E-state index is -0.565. The summed E-state index contributed by atoms with van der Waals surface area (Å²) in [4.78, 5) is 12.5. The maximum atomic E-state index is 12.5. The van der Waals surface area contributed by atoms with Gasteiger partial charge in [-0.2, -0.15) is 0 Å². The Morgan fingerprint density at radius 1 is 0.974 bits per heavy atom. The van der Waals surface area contributed by atoms with Gasteiger partial charge in [0.15, 0.2) is 0 Å². The van der Waals surface area contributed by atoms with Crippen molar-refractivity contribution in [1.82, 2.24) is 0 Å². The highest BCUT2D eigenvalue weighted by atomic mass is 16.7. The summed E-state index contributed by atoms with van der Waals surface area (Å²) < 4.78 is 11.3. The van der Waals surface area contributed by atoms with Gasteiger partial charge in [-0.15, -0.1) is 0 Å². The van der Waals surface area contributed by atoms with E-state index in [1.54, 1.807) is 5.57 Å². The van der Waals surface area contributed by atoms with Crippen LogP contribution >= 0.6 is 0 Å². The van der Waals surface area contributed by atoms with Gasteiger partial charge in [0.1, 0.15) is 11.9 Å². The van der Waals surface area contributed by atoms with Crippen LogP contribution in [-0.4, -0.2) is 12.3 Å². The van der Waals surface area contributed by atoms with Crippen LogP contribution < -0.4 is 4.74 Å². The van der Waals surface area contributed by atoms with E-state index in [0.29, 0.717) is 11.2 Å². The molecule has 0 saturated heterocycles. The van der Waals surface area contributed by atoms with Crippen molar-refractivity contribution in [2.75, 3.05) is 0 Å². The number of allylic oxidation sites excluding steroid dienone is 1. The molecule has 3 fully saturated rings. The van der Waals surface area contributed by atoms with Crippen LogP contribution in [0.1, 0.15) is 111 Å². The topological polar surface area (TPSA) is 35.5 Å². The van der Waals surface area contributed by atoms with Gasteiger partial charge in [0.25, 0.3) is 0 Å². The molecule has 38 heavy (non-hydrogen) atoms. The van der Waals surface area contributed by atoms with Crippen molar-refractivity contribution < 1.29 is 14.3 Å². The zero-order valence-corrected chi connectivity index (χ0v) is 24.9. The average Bonchev–Trinajstić information content (AvgIpc) is 3.23. The van der Waals surface area contributed by atoms with E-state index in [-0.39, 0.29) is 11.5 Å². The first-order valence-corrected chi connectivity index (χ1v) is 15.7. The molecule has 3 nitrogen and oxygen atoms in total. The number of carbonyl (C=O) groups excluding carboxylic acids is 1. The number of hydrogen-bond donors (Lipinski definition) is 0. The van der Waals surface area contributed by atoms with Crippen LogP contribution in [0.3, 0.4) is 0 Å². The van der Waals surface area contributed by atoms with Gasteiger partial charge in [0, 0.05) is 6.42 Å². The molecule has 0 aliphatic heterocycles. The Balaban J connectivity index is 1.21. The Kier molecular flexibility index (Phi) is 8.05. The normalized spacial score (nSPS) is 37.0. The quantitative estimate of drug-likeness (QED) is 0.204. The van der Waals surface area contributed by atoms with Crippen LogP contribution in [0.4, 0.5) is 4.79 Å². The summed E-state index contributed by atoms with van der Waals surface area (Å²) in [6.45, 7) is 14.5. The van der Waals surface area contributed by atoms with Gasteiger partial charge in [0.2, 0.25) is 0 Å². The van der Waals surface area contributed by atoms with Crippen molar-refractivity contribution >= 4 is 6.16 Å². The number of carbonyl (C=O) groups is 1. The van der Waals surface area contributed by atoms with Crippen molar-refractivity contribution in [3.63, 3.8) is 0 Å². The molecule has 0 radical (unpaired) electrons. The van der Waals surface area contributed by atoms with Gasteiger partial charge in [-0.1, -0.05) is 83.2 Å². The number of fused-ring (bicyclic) bond motifs is 5. The molecule has 0 unspecified atom stereocenters. The molecule has 0 N–H and O–H groups in total. The Hall–Kier alpha value is -1.77. The lowest BCUT2D eigenvalue weighted by Gasteiger charge is -2.58. The zero-order valence-electron chi connectivity index (χ0n) is 24.9. The standard InChI is InChI=1S/C35H52O3/c1-23(2)8-7-9-25(4)30-16-17-31-29-15-12-26-22-28(38-33(36)37-27-13-10-24(3)11-14-27)18-20-34(26,5)32(29)19-21-35(30,31)6/h10-14,23,25,28-32H,7-9,15-22H2,1-6H3/t25-,28-,29-,30+,31-,32-,34-,35+/m0/s1. The maximum Gasteiger partial charge on any atom is 0.514 e. The van der Waals surface area contributed by atoms with E-state index in [4.69, 9.17) is 9.47 Å². The summed E-state index contributed by atoms with van der Waals surface area (Å²) in [6, 6.07) is 7.56. The fourth-order valence-electron chi connectivity index (χ4n) is 9.62. The molecule has 0 aromatic heterocycles. The molecule has 1 aromatic carbocycles. The van der Waals surface area contributed by atoms with Crippen LogP contribution in [0.25, 0.3) is 0 Å². The summed E-state index contributed by atoms with van der Waals surface area (Å²) in [5.74, 6) is 5.64. The molecule has 0 amide bonds. The lowest BCUT2D eigenvalue weighted by Crippen LogP contribution is -2.51. The largest absolute Gasteiger partial charge is 0.514 e. The Morgan fingerprint density at radius 2 is 1.74 bits per heavy atom. The van der Waals surface area contributed by atoms with Gasteiger partial charge >= 0.3 is 6.16 Å². The fraction of sp³-hybridized carbons (Fsp3) is 0.743. The Bertz CT molecular complexity index is 1010. The van der Waals surface area contributed by atoms with E-state index in [2.05, 4.69) is 40.7 Å². The lowest BCUT2D eigenvalue weighted by atomic mass is 9.47. The second kappa shape index (κ2) is 11.0. The average molecular weight is 521 g/mol. The molecule has 1 aromatic rings. The van der Waals surface area contributed by atoms with Gasteiger partial charge < -0.3 is 9.47 Å². The van der Waals surface area contributed by atoms with Crippen LogP contribution in [-0.2, 0) is 4.74 Å². The minimum Gasteiger partial charge on any atom is -0.430 e. The van der Waals surface area contributed by atoms with Crippen molar-refractivity contribution in [3.05, 3.63) is 41.5 Å². The SMILES string of the molecule is Cc1ccc(OC(=O)O[C@H]2CC[C@@]3(C)C(=CC[C@H]4[C@@H]5CC[C@H]([C@@H](C)CCCC(C)C)[C@@]5(C)CC[C@@H]43)C2)cc1. The zero-order chi connectivity index (χ0) is 27.1. The molecule has 8 atom stereocenters. The number of benzene rings is 1. The second-order valence-corrected chi connectivity index (χ2v) is 14.4. The Morgan fingerprint density at radius 3 is 2.47 bits per heavy atom. The highest BCUT2D eigenvalue weighted by Crippen LogP contribution is 2.67.